The van der Waals surface area contributed by atoms with Crippen molar-refractivity contribution in [2.75, 3.05) is 0 Å². The number of pyridine rings is 1. The first kappa shape index (κ1) is 9.31. The average molecular weight is 157 g/mol. The van der Waals surface area contributed by atoms with Crippen LogP contribution in [0.15, 0.2) is 30.6 Å². The Labute approximate surface area is 74.4 Å². The lowest BCUT2D eigenvalue weighted by Crippen LogP contribution is -2.55. The van der Waals surface area contributed by atoms with Gasteiger partial charge in [-0.25, -0.2) is 0 Å². The molecule has 0 aliphatic carbocycles. The van der Waals surface area contributed by atoms with Gasteiger partial charge in [0, 0.05) is 12.4 Å². The van der Waals surface area contributed by atoms with Gasteiger partial charge in [-0.2, -0.15) is 0 Å². The number of nitrogens with zero attached hydrogens (tertiary/aromatic N) is 1. The molecule has 3 N–H and O–H groups in total. The molecule has 1 aliphatic rings. The maximum absolute atomic E-state index is 3.78. The number of hydrogen-bond donors (Lipinski definition) is 3. The summed E-state index contributed by atoms with van der Waals surface area (Å²) in [6.45, 7) is 0. The molecule has 0 bridgehead atoms. The van der Waals surface area contributed by atoms with E-state index in [4.69, 9.17) is 0 Å². The normalized spacial score (nSPS) is 14.0. The van der Waals surface area contributed by atoms with Gasteiger partial charge in [0.2, 0.25) is 0 Å². The Bertz CT molecular complexity index is 143. The molecule has 0 spiro atoms. The molecule has 0 saturated carbocycles. The number of aromatic nitrogens is 1. The molecule has 1 aromatic rings. The second kappa shape index (κ2) is 6.91. The maximum Gasteiger partial charge on any atom is 0.284 e. The second-order valence-electron chi connectivity index (χ2n) is 1.96. The molecule has 0 aromatic carbocycles. The lowest BCUT2D eigenvalue weighted by molar-refractivity contribution is 1.28. The summed E-state index contributed by atoms with van der Waals surface area (Å²) in [6, 6.07) is 5.72. The van der Waals surface area contributed by atoms with Gasteiger partial charge in [0.05, 0.1) is 0 Å². The van der Waals surface area contributed by atoms with Crippen LogP contribution in [0.1, 0.15) is 0 Å². The van der Waals surface area contributed by atoms with Gasteiger partial charge in [-0.05, 0) is 12.1 Å². The van der Waals surface area contributed by atoms with Gasteiger partial charge in [0.15, 0.2) is 0 Å². The molecule has 0 amide bonds. The van der Waals surface area contributed by atoms with Crippen molar-refractivity contribution in [2.24, 2.45) is 0 Å². The van der Waals surface area contributed by atoms with E-state index >= 15 is 0 Å². The quantitative estimate of drug-likeness (QED) is 0.399. The summed E-state index contributed by atoms with van der Waals surface area (Å²) >= 11 is 0. The van der Waals surface area contributed by atoms with Gasteiger partial charge in [-0.3, -0.25) is 4.98 Å². The monoisotopic (exact) mass is 157 g/mol. The molecule has 0 atom stereocenters. The number of nitrogens with one attached hydrogen (secondary N) is 3. The minimum Gasteiger partial charge on any atom is -0.379 e. The smallest absolute Gasteiger partial charge is 0.284 e. The fraction of sp³-hybridized carbons (Fsp3) is 0. The fourth-order valence-corrected chi connectivity index (χ4v) is 0.582. The molecule has 7 heteroatoms. The number of hydrogen-bond acceptors (Lipinski definition) is 4. The van der Waals surface area contributed by atoms with Gasteiger partial charge in [-0.1, -0.05) is 6.07 Å². The van der Waals surface area contributed by atoms with E-state index in [1.54, 1.807) is 35.0 Å². The highest BCUT2D eigenvalue weighted by molar-refractivity contribution is 6.65. The largest absolute Gasteiger partial charge is 0.379 e. The molecule has 1 fully saturated rings. The van der Waals surface area contributed by atoms with Gasteiger partial charge in [0.1, 0.15) is 0 Å². The molecule has 2 heterocycles. The summed E-state index contributed by atoms with van der Waals surface area (Å²) in [7, 11) is 5.16. The van der Waals surface area contributed by atoms with E-state index < -0.39 is 0 Å². The van der Waals surface area contributed by atoms with Crippen LogP contribution in [0.25, 0.3) is 0 Å². The van der Waals surface area contributed by atoms with Crippen LogP contribution in [0.2, 0.25) is 0 Å². The van der Waals surface area contributed by atoms with E-state index in [0.29, 0.717) is 0 Å². The van der Waals surface area contributed by atoms with Crippen molar-refractivity contribution < 1.29 is 0 Å². The summed E-state index contributed by atoms with van der Waals surface area (Å²) in [6.07, 6.45) is 3.50. The van der Waals surface area contributed by atoms with Crippen LogP contribution >= 0.6 is 0 Å². The summed E-state index contributed by atoms with van der Waals surface area (Å²) in [5.41, 5.74) is 0. The minimum absolute atomic E-state index is 1.72. The van der Waals surface area contributed by atoms with Crippen molar-refractivity contribution >= 4 is 22.6 Å². The van der Waals surface area contributed by atoms with E-state index in [2.05, 4.69) is 20.4 Å². The predicted octanol–water partition coefficient (Wildman–Crippen LogP) is -1.55. The van der Waals surface area contributed by atoms with Crippen LogP contribution in [0, 0.1) is 0 Å². The molecule has 2 rings (SSSR count). The van der Waals surface area contributed by atoms with Gasteiger partial charge >= 0.3 is 0 Å². The molecule has 4 nitrogen and oxygen atoms in total. The highest BCUT2D eigenvalue weighted by Gasteiger charge is 1.98. The van der Waals surface area contributed by atoms with Gasteiger partial charge < -0.3 is 15.4 Å². The van der Waals surface area contributed by atoms with Crippen LogP contribution in [0.4, 0.5) is 0 Å². The van der Waals surface area contributed by atoms with Gasteiger partial charge in [-0.15, -0.1) is 0 Å². The van der Waals surface area contributed by atoms with Crippen molar-refractivity contribution in [3.05, 3.63) is 30.6 Å². The molecular formula is C5H8B3N4. The molecular weight excluding hydrogens is 149 g/mol. The first-order chi connectivity index (χ1) is 6.00. The summed E-state index contributed by atoms with van der Waals surface area (Å²) < 4.78 is 0. The fourth-order valence-electron chi connectivity index (χ4n) is 0.582. The van der Waals surface area contributed by atoms with Crippen molar-refractivity contribution in [3.8, 4) is 0 Å². The lowest BCUT2D eigenvalue weighted by atomic mass is 9.85. The first-order valence-corrected chi connectivity index (χ1v) is 3.58. The predicted molar refractivity (Wildman–Crippen MR) is 50.9 cm³/mol. The Morgan fingerprint density at radius 3 is 1.42 bits per heavy atom. The van der Waals surface area contributed by atoms with Crippen LogP contribution in [0.3, 0.4) is 0 Å². The zero-order valence-electron chi connectivity index (χ0n) is 6.57. The average Bonchev–Trinajstić information content (AvgIpc) is 2.24. The van der Waals surface area contributed by atoms with E-state index in [-0.39, 0.29) is 0 Å². The summed E-state index contributed by atoms with van der Waals surface area (Å²) in [4.78, 5) is 3.78. The topological polar surface area (TPSA) is 49.0 Å². The van der Waals surface area contributed by atoms with Gasteiger partial charge in [0.25, 0.3) is 22.6 Å². The Hall–Kier alpha value is -0.775. The molecule has 57 valence electrons. The summed E-state index contributed by atoms with van der Waals surface area (Å²) in [5, 5.41) is 8.34. The van der Waals surface area contributed by atoms with E-state index in [1.807, 2.05) is 18.2 Å². The first-order valence-electron chi connectivity index (χ1n) is 3.58. The zero-order valence-corrected chi connectivity index (χ0v) is 6.57. The third-order valence-corrected chi connectivity index (χ3v) is 1.07. The molecule has 12 heavy (non-hydrogen) atoms. The zero-order chi connectivity index (χ0) is 8.49. The molecule has 1 saturated heterocycles. The van der Waals surface area contributed by atoms with E-state index in [1.165, 1.54) is 0 Å². The Balaban J connectivity index is 0.000000120. The van der Waals surface area contributed by atoms with Crippen molar-refractivity contribution in [1.29, 1.82) is 0 Å². The third kappa shape index (κ3) is 4.95. The maximum atomic E-state index is 3.78. The Morgan fingerprint density at radius 2 is 1.25 bits per heavy atom. The van der Waals surface area contributed by atoms with Crippen LogP contribution < -0.4 is 15.4 Å². The SMILES string of the molecule is [B]1N[B]N[B]N1.c1ccncc1. The number of rotatable bonds is 0. The van der Waals surface area contributed by atoms with Crippen LogP contribution in [-0.2, 0) is 0 Å². The highest BCUT2D eigenvalue weighted by Crippen LogP contribution is 1.73. The summed E-state index contributed by atoms with van der Waals surface area (Å²) in [5.74, 6) is 0. The molecule has 1 aromatic heterocycles. The van der Waals surface area contributed by atoms with Crippen LogP contribution in [0.5, 0.6) is 0 Å². The van der Waals surface area contributed by atoms with Crippen molar-refractivity contribution in [3.63, 3.8) is 0 Å². The lowest BCUT2D eigenvalue weighted by Gasteiger charge is -2.07. The molecule has 0 unspecified atom stereocenters. The third-order valence-electron chi connectivity index (χ3n) is 1.07. The Morgan fingerprint density at radius 1 is 0.750 bits per heavy atom. The van der Waals surface area contributed by atoms with Crippen molar-refractivity contribution in [2.45, 2.75) is 0 Å². The molecule has 3 radical (unpaired) electrons. The minimum atomic E-state index is 1.72. The van der Waals surface area contributed by atoms with Crippen molar-refractivity contribution in [1.82, 2.24) is 20.4 Å². The standard InChI is InChI=1S/C5H5N.B3H3N3/c1-2-4-6-5-3-1;1-4-2-6-3-5-1/h1-5H;4-6H. The van der Waals surface area contributed by atoms with Crippen LogP contribution in [-0.4, -0.2) is 27.6 Å². The second-order valence-corrected chi connectivity index (χ2v) is 1.96. The highest BCUT2D eigenvalue weighted by atomic mass is 15.0. The Kier molecular flexibility index (Phi) is 5.36. The molecule has 1 aliphatic heterocycles. The van der Waals surface area contributed by atoms with E-state index in [9.17, 15) is 0 Å². The van der Waals surface area contributed by atoms with E-state index in [0.717, 1.165) is 0 Å².